The van der Waals surface area contributed by atoms with Crippen LogP contribution in [0.25, 0.3) is 21.3 Å². The van der Waals surface area contributed by atoms with Crippen LogP contribution < -0.4 is 16.0 Å². The highest BCUT2D eigenvalue weighted by Crippen LogP contribution is 2.35. The monoisotopic (exact) mass is 518 g/mol. The van der Waals surface area contributed by atoms with Crippen molar-refractivity contribution in [2.24, 2.45) is 0 Å². The summed E-state index contributed by atoms with van der Waals surface area (Å²) in [6.07, 6.45) is 2.68. The number of carbonyl (C=O) groups is 3. The van der Waals surface area contributed by atoms with Gasteiger partial charge in [0.25, 0.3) is 0 Å². The maximum absolute atomic E-state index is 14.9. The smallest absolute Gasteiger partial charge is 0.245 e. The van der Waals surface area contributed by atoms with E-state index in [1.165, 1.54) is 13.0 Å². The number of aromatic nitrogens is 1. The van der Waals surface area contributed by atoms with Crippen molar-refractivity contribution >= 4 is 54.8 Å². The molecule has 0 radical (unpaired) electrons. The summed E-state index contributed by atoms with van der Waals surface area (Å²) in [6, 6.07) is 9.42. The molecule has 12 heteroatoms. The number of rotatable bonds is 8. The Bertz CT molecular complexity index is 1420. The summed E-state index contributed by atoms with van der Waals surface area (Å²) < 4.78 is 40.3. The zero-order valence-corrected chi connectivity index (χ0v) is 20.6. The summed E-state index contributed by atoms with van der Waals surface area (Å²) in [5.74, 6) is -2.06. The average Bonchev–Trinajstić information content (AvgIpc) is 3.48. The van der Waals surface area contributed by atoms with Crippen LogP contribution in [0.2, 0.25) is 0 Å². The minimum absolute atomic E-state index is 0.0137. The van der Waals surface area contributed by atoms with Gasteiger partial charge < -0.3 is 16.0 Å². The first-order valence-corrected chi connectivity index (χ1v) is 13.5. The molecular weight excluding hydrogens is 495 g/mol. The number of hydrogen-bond donors (Lipinski definition) is 3. The van der Waals surface area contributed by atoms with E-state index in [0.717, 1.165) is 30.4 Å². The highest BCUT2D eigenvalue weighted by Gasteiger charge is 2.34. The maximum atomic E-state index is 14.9. The quantitative estimate of drug-likeness (QED) is 0.420. The molecule has 0 saturated heterocycles. The molecule has 3 aromatic rings. The number of amides is 3. The summed E-state index contributed by atoms with van der Waals surface area (Å²) >= 11 is 0.969. The van der Waals surface area contributed by atoms with Gasteiger partial charge in [-0.15, -0.1) is 11.3 Å². The number of thiazole rings is 1. The molecule has 1 atom stereocenters. The summed E-state index contributed by atoms with van der Waals surface area (Å²) in [7, 11) is -3.93. The fraction of sp³-hybridized carbons (Fsp3) is 0.304. The van der Waals surface area contributed by atoms with E-state index in [1.807, 2.05) is 0 Å². The Balaban J connectivity index is 1.60. The van der Waals surface area contributed by atoms with Crippen LogP contribution in [0.15, 0.2) is 36.4 Å². The Morgan fingerprint density at radius 2 is 1.86 bits per heavy atom. The van der Waals surface area contributed by atoms with E-state index in [2.05, 4.69) is 20.9 Å². The summed E-state index contributed by atoms with van der Waals surface area (Å²) in [4.78, 5) is 40.0. The predicted molar refractivity (Wildman–Crippen MR) is 131 cm³/mol. The lowest BCUT2D eigenvalue weighted by atomic mass is 10.0. The molecule has 0 aliphatic heterocycles. The number of nitrogens with one attached hydrogen (secondary N) is 3. The predicted octanol–water partition coefficient (Wildman–Crippen LogP) is 2.54. The van der Waals surface area contributed by atoms with Gasteiger partial charge in [-0.05, 0) is 36.6 Å². The zero-order chi connectivity index (χ0) is 25.3. The van der Waals surface area contributed by atoms with Crippen molar-refractivity contribution in [1.29, 1.82) is 0 Å². The molecule has 3 amide bonds. The molecule has 35 heavy (non-hydrogen) atoms. The van der Waals surface area contributed by atoms with E-state index in [4.69, 9.17) is 0 Å². The van der Waals surface area contributed by atoms with Gasteiger partial charge in [0.1, 0.15) is 10.8 Å². The van der Waals surface area contributed by atoms with Gasteiger partial charge >= 0.3 is 0 Å². The molecule has 4 rings (SSSR count). The Morgan fingerprint density at radius 3 is 2.46 bits per heavy atom. The van der Waals surface area contributed by atoms with Crippen LogP contribution in [0.4, 0.5) is 10.1 Å². The fourth-order valence-corrected chi connectivity index (χ4v) is 6.02. The van der Waals surface area contributed by atoms with Gasteiger partial charge in [0, 0.05) is 36.5 Å². The van der Waals surface area contributed by atoms with E-state index in [9.17, 15) is 27.2 Å². The third-order valence-electron chi connectivity index (χ3n) is 5.27. The number of carbonyl (C=O) groups excluding carboxylic acids is 3. The molecule has 1 unspecified atom stereocenters. The third-order valence-corrected chi connectivity index (χ3v) is 7.79. The SMILES string of the molecule is CC(=O)Nc1ccc(-c2cc3sc(C(C(=O)NCC(=O)NC4CC4)S(C)(=O)=O)nc3cc2F)cc1. The fourth-order valence-electron chi connectivity index (χ4n) is 3.49. The van der Waals surface area contributed by atoms with E-state index < -0.39 is 32.7 Å². The second-order valence-electron chi connectivity index (χ2n) is 8.38. The van der Waals surface area contributed by atoms with Crippen LogP contribution >= 0.6 is 11.3 Å². The van der Waals surface area contributed by atoms with Crippen molar-refractivity contribution in [3.05, 3.63) is 47.2 Å². The van der Waals surface area contributed by atoms with E-state index in [1.54, 1.807) is 30.3 Å². The first kappa shape index (κ1) is 24.7. The van der Waals surface area contributed by atoms with Crippen molar-refractivity contribution in [3.8, 4) is 11.1 Å². The largest absolute Gasteiger partial charge is 0.352 e. The van der Waals surface area contributed by atoms with Crippen molar-refractivity contribution in [3.63, 3.8) is 0 Å². The number of nitrogens with zero attached hydrogens (tertiary/aromatic N) is 1. The maximum Gasteiger partial charge on any atom is 0.245 e. The molecule has 0 spiro atoms. The van der Waals surface area contributed by atoms with Crippen LogP contribution in [0.1, 0.15) is 30.0 Å². The first-order valence-electron chi connectivity index (χ1n) is 10.7. The lowest BCUT2D eigenvalue weighted by Crippen LogP contribution is -2.41. The molecule has 3 N–H and O–H groups in total. The molecule has 2 aromatic carbocycles. The summed E-state index contributed by atoms with van der Waals surface area (Å²) in [5, 5.41) is 6.07. The normalized spacial score (nSPS) is 14.4. The van der Waals surface area contributed by atoms with Gasteiger partial charge in [0.2, 0.25) is 17.7 Å². The molecule has 1 aliphatic carbocycles. The lowest BCUT2D eigenvalue weighted by Gasteiger charge is -2.12. The summed E-state index contributed by atoms with van der Waals surface area (Å²) in [5.41, 5.74) is 1.59. The minimum Gasteiger partial charge on any atom is -0.352 e. The van der Waals surface area contributed by atoms with Crippen LogP contribution in [-0.2, 0) is 24.2 Å². The molecule has 1 fully saturated rings. The Kier molecular flexibility index (Phi) is 6.86. The number of anilines is 1. The number of hydrogen-bond acceptors (Lipinski definition) is 7. The summed E-state index contributed by atoms with van der Waals surface area (Å²) in [6.45, 7) is 1.04. The highest BCUT2D eigenvalue weighted by atomic mass is 32.2. The van der Waals surface area contributed by atoms with Gasteiger partial charge in [-0.1, -0.05) is 12.1 Å². The van der Waals surface area contributed by atoms with E-state index in [0.29, 0.717) is 16.0 Å². The van der Waals surface area contributed by atoms with Gasteiger partial charge in [-0.2, -0.15) is 0 Å². The molecule has 184 valence electrons. The van der Waals surface area contributed by atoms with Gasteiger partial charge in [0.15, 0.2) is 15.1 Å². The number of fused-ring (bicyclic) bond motifs is 1. The molecular formula is C23H23FN4O5S2. The second kappa shape index (κ2) is 9.70. The van der Waals surface area contributed by atoms with Crippen molar-refractivity contribution < 1.29 is 27.2 Å². The van der Waals surface area contributed by atoms with Crippen LogP contribution in [0.3, 0.4) is 0 Å². The standard InChI is InChI=1S/C23H23FN4O5S2/c1-12(29)26-14-5-3-13(4-6-14)16-9-19-18(10-17(16)24)28-23(34-19)21(35(2,32)33)22(31)25-11-20(30)27-15-7-8-15/h3-6,9-10,15,21H,7-8,11H2,1-2H3,(H,25,31)(H,26,29)(H,27,30). The van der Waals surface area contributed by atoms with E-state index in [-0.39, 0.29) is 34.6 Å². The Morgan fingerprint density at radius 1 is 1.17 bits per heavy atom. The molecule has 1 aromatic heterocycles. The number of halogens is 1. The number of sulfone groups is 1. The molecule has 1 saturated carbocycles. The molecule has 9 nitrogen and oxygen atoms in total. The van der Waals surface area contributed by atoms with Crippen molar-refractivity contribution in [1.82, 2.24) is 15.6 Å². The van der Waals surface area contributed by atoms with Crippen LogP contribution in [0, 0.1) is 5.82 Å². The topological polar surface area (TPSA) is 134 Å². The zero-order valence-electron chi connectivity index (χ0n) is 18.9. The van der Waals surface area contributed by atoms with Gasteiger partial charge in [0.05, 0.1) is 16.8 Å². The van der Waals surface area contributed by atoms with Crippen molar-refractivity contribution in [2.75, 3.05) is 18.1 Å². The molecule has 1 heterocycles. The van der Waals surface area contributed by atoms with Crippen LogP contribution in [0.5, 0.6) is 0 Å². The van der Waals surface area contributed by atoms with Gasteiger partial charge in [-0.3, -0.25) is 14.4 Å². The van der Waals surface area contributed by atoms with Gasteiger partial charge in [-0.25, -0.2) is 17.8 Å². The third kappa shape index (κ3) is 6.01. The van der Waals surface area contributed by atoms with Crippen molar-refractivity contribution in [2.45, 2.75) is 31.1 Å². The Labute approximate surface area is 205 Å². The minimum atomic E-state index is -3.93. The molecule has 0 bridgehead atoms. The number of benzene rings is 2. The average molecular weight is 519 g/mol. The van der Waals surface area contributed by atoms with Crippen LogP contribution in [-0.4, -0.2) is 50.0 Å². The molecule has 1 aliphatic rings. The second-order valence-corrected chi connectivity index (χ2v) is 11.6. The highest BCUT2D eigenvalue weighted by molar-refractivity contribution is 7.91. The Hall–Kier alpha value is -3.38. The lowest BCUT2D eigenvalue weighted by molar-refractivity contribution is -0.126. The first-order chi connectivity index (χ1) is 16.5. The van der Waals surface area contributed by atoms with E-state index >= 15 is 0 Å².